The second kappa shape index (κ2) is 9.22. The maximum Gasteiger partial charge on any atom is 0.270 e. The van der Waals surface area contributed by atoms with Crippen LogP contribution in [0.1, 0.15) is 18.1 Å². The summed E-state index contributed by atoms with van der Waals surface area (Å²) >= 11 is 0. The molecule has 0 saturated heterocycles. The molecule has 0 fully saturated rings. The number of hydrogen-bond acceptors (Lipinski definition) is 3. The predicted octanol–water partition coefficient (Wildman–Crippen LogP) is 7.62. The molecule has 4 nitrogen and oxygen atoms in total. The fraction of sp³-hybridized carbons (Fsp3) is 0.138. The average Bonchev–Trinajstić information content (AvgIpc) is 3.20. The van der Waals surface area contributed by atoms with Crippen molar-refractivity contribution in [2.24, 2.45) is 0 Å². The van der Waals surface area contributed by atoms with E-state index >= 15 is 0 Å². The highest BCUT2D eigenvalue weighted by Gasteiger charge is 2.27. The number of halogens is 2. The monoisotopic (exact) mass is 469 g/mol. The second-order valence-electron chi connectivity index (χ2n) is 8.49. The van der Waals surface area contributed by atoms with Crippen LogP contribution in [0.4, 0.5) is 20.4 Å². The SMILES string of the molecule is COc1ccc(Nc2nc3cc(-c4ccccc4)ccc3n2Cc2ccccc2C(C)(F)F)cc1. The van der Waals surface area contributed by atoms with Crippen LogP contribution in [-0.2, 0) is 12.5 Å². The first kappa shape index (κ1) is 22.6. The molecule has 0 amide bonds. The topological polar surface area (TPSA) is 39.1 Å². The minimum atomic E-state index is -2.95. The van der Waals surface area contributed by atoms with Crippen molar-refractivity contribution in [1.29, 1.82) is 0 Å². The minimum absolute atomic E-state index is 0.0122. The molecule has 176 valence electrons. The Morgan fingerprint density at radius 3 is 2.29 bits per heavy atom. The summed E-state index contributed by atoms with van der Waals surface area (Å²) in [6, 6.07) is 30.3. The molecule has 0 saturated carbocycles. The molecule has 0 bridgehead atoms. The van der Waals surface area contributed by atoms with Gasteiger partial charge in [0, 0.05) is 18.2 Å². The Balaban J connectivity index is 1.61. The van der Waals surface area contributed by atoms with E-state index in [1.54, 1.807) is 25.3 Å². The summed E-state index contributed by atoms with van der Waals surface area (Å²) in [5, 5.41) is 3.36. The standard InChI is InChI=1S/C29H25F2N3O/c1-29(30,31)25-11-7-6-10-22(25)19-34-27-17-12-21(20-8-4-3-5-9-20)18-26(27)33-28(34)32-23-13-15-24(35-2)16-14-23/h3-18H,19H2,1-2H3,(H,32,33). The first-order valence-electron chi connectivity index (χ1n) is 11.4. The van der Waals surface area contributed by atoms with Crippen molar-refractivity contribution in [3.63, 3.8) is 0 Å². The molecule has 6 heteroatoms. The third-order valence-corrected chi connectivity index (χ3v) is 6.02. The molecule has 0 unspecified atom stereocenters. The molecular formula is C29H25F2N3O. The van der Waals surface area contributed by atoms with Gasteiger partial charge in [0.05, 0.1) is 24.7 Å². The summed E-state index contributed by atoms with van der Waals surface area (Å²) < 4.78 is 35.9. The molecule has 5 aromatic rings. The van der Waals surface area contributed by atoms with Gasteiger partial charge in [0.2, 0.25) is 5.95 Å². The zero-order valence-electron chi connectivity index (χ0n) is 19.5. The Bertz CT molecular complexity index is 1460. The van der Waals surface area contributed by atoms with Gasteiger partial charge in [-0.25, -0.2) is 13.8 Å². The van der Waals surface area contributed by atoms with Crippen molar-refractivity contribution in [1.82, 2.24) is 9.55 Å². The Morgan fingerprint density at radius 2 is 1.57 bits per heavy atom. The van der Waals surface area contributed by atoms with Crippen LogP contribution >= 0.6 is 0 Å². The number of anilines is 2. The Morgan fingerprint density at radius 1 is 0.857 bits per heavy atom. The first-order chi connectivity index (χ1) is 16.9. The number of aromatic nitrogens is 2. The smallest absolute Gasteiger partial charge is 0.270 e. The minimum Gasteiger partial charge on any atom is -0.497 e. The lowest BCUT2D eigenvalue weighted by molar-refractivity contribution is 0.0165. The van der Waals surface area contributed by atoms with Crippen LogP contribution in [0, 0.1) is 0 Å². The van der Waals surface area contributed by atoms with Gasteiger partial charge in [-0.3, -0.25) is 0 Å². The van der Waals surface area contributed by atoms with Gasteiger partial charge < -0.3 is 14.6 Å². The van der Waals surface area contributed by atoms with E-state index in [1.807, 2.05) is 77.4 Å². The second-order valence-corrected chi connectivity index (χ2v) is 8.49. The van der Waals surface area contributed by atoms with E-state index in [0.717, 1.165) is 40.5 Å². The van der Waals surface area contributed by atoms with Gasteiger partial charge in [-0.05, 0) is 53.1 Å². The zero-order chi connectivity index (χ0) is 24.4. The molecular weight excluding hydrogens is 444 g/mol. The molecule has 1 N–H and O–H groups in total. The molecule has 0 atom stereocenters. The number of rotatable bonds is 7. The summed E-state index contributed by atoms with van der Waals surface area (Å²) in [5.74, 6) is -1.63. The summed E-state index contributed by atoms with van der Waals surface area (Å²) in [7, 11) is 1.62. The fourth-order valence-electron chi connectivity index (χ4n) is 4.26. The summed E-state index contributed by atoms with van der Waals surface area (Å²) in [6.45, 7) is 1.18. The maximum atomic E-state index is 14.4. The lowest BCUT2D eigenvalue weighted by Gasteiger charge is -2.18. The van der Waals surface area contributed by atoms with Gasteiger partial charge in [0.1, 0.15) is 5.75 Å². The van der Waals surface area contributed by atoms with Crippen LogP contribution in [0.25, 0.3) is 22.2 Å². The molecule has 0 aliphatic carbocycles. The van der Waals surface area contributed by atoms with Crippen LogP contribution < -0.4 is 10.1 Å². The number of hydrogen-bond donors (Lipinski definition) is 1. The highest BCUT2D eigenvalue weighted by molar-refractivity contribution is 5.85. The predicted molar refractivity (Wildman–Crippen MR) is 137 cm³/mol. The van der Waals surface area contributed by atoms with Crippen LogP contribution in [-0.4, -0.2) is 16.7 Å². The normalized spacial score (nSPS) is 11.5. The van der Waals surface area contributed by atoms with Crippen molar-refractivity contribution in [2.45, 2.75) is 19.4 Å². The van der Waals surface area contributed by atoms with Gasteiger partial charge in [-0.1, -0.05) is 60.7 Å². The Labute approximate surface area is 202 Å². The van der Waals surface area contributed by atoms with E-state index < -0.39 is 5.92 Å². The number of nitrogens with zero attached hydrogens (tertiary/aromatic N) is 2. The Kier molecular flexibility index (Phi) is 5.95. The van der Waals surface area contributed by atoms with Gasteiger partial charge >= 0.3 is 0 Å². The number of nitrogens with one attached hydrogen (secondary N) is 1. The van der Waals surface area contributed by atoms with Gasteiger partial charge in [0.25, 0.3) is 5.92 Å². The molecule has 5 rings (SSSR count). The summed E-state index contributed by atoms with van der Waals surface area (Å²) in [4.78, 5) is 4.86. The van der Waals surface area contributed by atoms with Crippen molar-refractivity contribution >= 4 is 22.7 Å². The van der Waals surface area contributed by atoms with Crippen LogP contribution in [0.5, 0.6) is 5.75 Å². The lowest BCUT2D eigenvalue weighted by atomic mass is 10.0. The van der Waals surface area contributed by atoms with Gasteiger partial charge in [-0.15, -0.1) is 0 Å². The van der Waals surface area contributed by atoms with E-state index in [0.29, 0.717) is 11.5 Å². The largest absolute Gasteiger partial charge is 0.497 e. The number of fused-ring (bicyclic) bond motifs is 1. The van der Waals surface area contributed by atoms with Crippen LogP contribution in [0.2, 0.25) is 0 Å². The van der Waals surface area contributed by atoms with E-state index in [1.165, 1.54) is 6.07 Å². The van der Waals surface area contributed by atoms with Crippen LogP contribution in [0.15, 0.2) is 97.1 Å². The van der Waals surface area contributed by atoms with E-state index in [9.17, 15) is 8.78 Å². The highest BCUT2D eigenvalue weighted by Crippen LogP contribution is 2.33. The molecule has 0 aliphatic rings. The summed E-state index contributed by atoms with van der Waals surface area (Å²) in [5.41, 5.74) is 5.14. The first-order valence-corrected chi connectivity index (χ1v) is 11.4. The zero-order valence-corrected chi connectivity index (χ0v) is 19.5. The molecule has 1 heterocycles. The Hall–Kier alpha value is -4.19. The molecule has 35 heavy (non-hydrogen) atoms. The third-order valence-electron chi connectivity index (χ3n) is 6.02. The number of alkyl halides is 2. The number of imidazole rings is 1. The molecule has 0 radical (unpaired) electrons. The lowest BCUT2D eigenvalue weighted by Crippen LogP contribution is -2.13. The number of ether oxygens (including phenoxy) is 1. The molecule has 0 aliphatic heterocycles. The molecule has 4 aromatic carbocycles. The van der Waals surface area contributed by atoms with E-state index in [2.05, 4.69) is 5.32 Å². The molecule has 0 spiro atoms. The summed E-state index contributed by atoms with van der Waals surface area (Å²) in [6.07, 6.45) is 0. The van der Waals surface area contributed by atoms with Crippen LogP contribution in [0.3, 0.4) is 0 Å². The maximum absolute atomic E-state index is 14.4. The molecule has 1 aromatic heterocycles. The van der Waals surface area contributed by atoms with Crippen molar-refractivity contribution in [3.05, 3.63) is 108 Å². The average molecular weight is 470 g/mol. The quantitative estimate of drug-likeness (QED) is 0.267. The number of methoxy groups -OCH3 is 1. The van der Waals surface area contributed by atoms with E-state index in [4.69, 9.17) is 9.72 Å². The van der Waals surface area contributed by atoms with E-state index in [-0.39, 0.29) is 12.1 Å². The third kappa shape index (κ3) is 4.73. The van der Waals surface area contributed by atoms with Crippen molar-refractivity contribution in [2.75, 3.05) is 12.4 Å². The highest BCUT2D eigenvalue weighted by atomic mass is 19.3. The fourth-order valence-corrected chi connectivity index (χ4v) is 4.26. The van der Waals surface area contributed by atoms with Crippen molar-refractivity contribution < 1.29 is 13.5 Å². The van der Waals surface area contributed by atoms with Gasteiger partial charge in [0.15, 0.2) is 0 Å². The van der Waals surface area contributed by atoms with Gasteiger partial charge in [-0.2, -0.15) is 0 Å². The van der Waals surface area contributed by atoms with Crippen molar-refractivity contribution in [3.8, 4) is 16.9 Å². The number of benzene rings is 4.